The van der Waals surface area contributed by atoms with Crippen LogP contribution in [-0.2, 0) is 0 Å². The van der Waals surface area contributed by atoms with Gasteiger partial charge in [-0.3, -0.25) is 15.2 Å². The smallest absolute Gasteiger partial charge is 0.284 e. The zero-order valence-electron chi connectivity index (χ0n) is 13.5. The molecule has 0 aliphatic rings. The molecule has 2 rings (SSSR count). The molecule has 2 aromatic rings. The van der Waals surface area contributed by atoms with Gasteiger partial charge in [-0.1, -0.05) is 25.3 Å². The Bertz CT molecular complexity index is 771. The number of carbonyl (C=O) groups is 1. The lowest BCUT2D eigenvalue weighted by molar-refractivity contribution is 0.102. The zero-order chi connectivity index (χ0) is 17.7. The highest BCUT2D eigenvalue weighted by Crippen LogP contribution is 2.28. The van der Waals surface area contributed by atoms with Gasteiger partial charge in [-0.2, -0.15) is 0 Å². The summed E-state index contributed by atoms with van der Waals surface area (Å²) in [5.41, 5.74) is 6.88. The van der Waals surface area contributed by atoms with Crippen molar-refractivity contribution in [2.24, 2.45) is 5.73 Å². The quantitative estimate of drug-likeness (QED) is 0.537. The first-order chi connectivity index (χ1) is 11.3. The van der Waals surface area contributed by atoms with Crippen molar-refractivity contribution in [3.05, 3.63) is 51.6 Å². The fourth-order valence-corrected chi connectivity index (χ4v) is 3.39. The number of nitrogens with one attached hydrogen (secondary N) is 2. The normalized spacial score (nSPS) is 11.8. The minimum atomic E-state index is -0.227. The number of nitrogens with two attached hydrogens (primary N) is 1. The third kappa shape index (κ3) is 5.17. The minimum absolute atomic E-state index is 0.0277. The molecule has 0 saturated heterocycles. The summed E-state index contributed by atoms with van der Waals surface area (Å²) in [7, 11) is 0. The summed E-state index contributed by atoms with van der Waals surface area (Å²) in [5, 5.41) is 10.6. The van der Waals surface area contributed by atoms with E-state index in [1.54, 1.807) is 18.5 Å². The second kappa shape index (κ2) is 8.07. The minimum Gasteiger partial charge on any atom is -0.378 e. The van der Waals surface area contributed by atoms with Crippen molar-refractivity contribution in [3.63, 3.8) is 0 Å². The summed E-state index contributed by atoms with van der Waals surface area (Å²) in [6.07, 6.45) is 3.99. The van der Waals surface area contributed by atoms with Crippen LogP contribution in [0.5, 0.6) is 0 Å². The largest absolute Gasteiger partial charge is 0.378 e. The summed E-state index contributed by atoms with van der Waals surface area (Å²) in [5.74, 6) is -0.127. The molecular formula is C16H19N5OS2. The van der Waals surface area contributed by atoms with E-state index < -0.39 is 0 Å². The van der Waals surface area contributed by atoms with Crippen LogP contribution in [0.1, 0.15) is 39.6 Å². The summed E-state index contributed by atoms with van der Waals surface area (Å²) >= 11 is 2.51. The van der Waals surface area contributed by atoms with Gasteiger partial charge in [0.15, 0.2) is 10.2 Å². The lowest BCUT2D eigenvalue weighted by atomic mass is 10.0. The Labute approximate surface area is 149 Å². The molecule has 8 heteroatoms. The average molecular weight is 361 g/mol. The van der Waals surface area contributed by atoms with Gasteiger partial charge in [0.2, 0.25) is 0 Å². The molecule has 2 heterocycles. The van der Waals surface area contributed by atoms with Gasteiger partial charge in [0.25, 0.3) is 5.91 Å². The molecule has 2 aromatic heterocycles. The second-order valence-corrected chi connectivity index (χ2v) is 7.77. The van der Waals surface area contributed by atoms with E-state index in [0.29, 0.717) is 17.1 Å². The standard InChI is InChI=1S/C16H19N5OS2/c1-9(6-10(2)24-16(17)18)13-7-12(4-5-19-13)21-14(22)15-20-8-11(3)23-15/h4-5,7-9H,2,6H2,1,3H3,(H3,17,18)(H,19,21,22). The maximum absolute atomic E-state index is 12.2. The van der Waals surface area contributed by atoms with Gasteiger partial charge < -0.3 is 11.1 Å². The molecule has 0 bridgehead atoms. The summed E-state index contributed by atoms with van der Waals surface area (Å²) in [4.78, 5) is 22.4. The molecule has 24 heavy (non-hydrogen) atoms. The number of amidine groups is 1. The van der Waals surface area contributed by atoms with Crippen LogP contribution in [0, 0.1) is 12.3 Å². The van der Waals surface area contributed by atoms with Gasteiger partial charge in [-0.25, -0.2) is 4.98 Å². The first-order valence-corrected chi connectivity index (χ1v) is 8.88. The van der Waals surface area contributed by atoms with E-state index in [1.165, 1.54) is 11.3 Å². The molecule has 6 nitrogen and oxygen atoms in total. The zero-order valence-corrected chi connectivity index (χ0v) is 15.1. The Hall–Kier alpha value is -2.19. The Morgan fingerprint density at radius 1 is 1.54 bits per heavy atom. The summed E-state index contributed by atoms with van der Waals surface area (Å²) in [6, 6.07) is 3.59. The molecule has 0 saturated carbocycles. The highest BCUT2D eigenvalue weighted by atomic mass is 32.2. The van der Waals surface area contributed by atoms with Gasteiger partial charge in [0, 0.05) is 34.6 Å². The molecule has 0 aromatic carbocycles. The van der Waals surface area contributed by atoms with E-state index in [1.807, 2.05) is 19.9 Å². The van der Waals surface area contributed by atoms with E-state index in [2.05, 4.69) is 21.9 Å². The Morgan fingerprint density at radius 3 is 2.92 bits per heavy atom. The molecule has 1 amide bonds. The molecule has 0 fully saturated rings. The van der Waals surface area contributed by atoms with E-state index in [-0.39, 0.29) is 17.0 Å². The maximum atomic E-state index is 12.2. The van der Waals surface area contributed by atoms with E-state index in [0.717, 1.165) is 27.2 Å². The number of amides is 1. The van der Waals surface area contributed by atoms with Gasteiger partial charge in [0.1, 0.15) is 0 Å². The average Bonchev–Trinajstić information content (AvgIpc) is 2.93. The van der Waals surface area contributed by atoms with Crippen molar-refractivity contribution in [2.75, 3.05) is 5.32 Å². The maximum Gasteiger partial charge on any atom is 0.284 e. The Kier molecular flexibility index (Phi) is 6.10. The van der Waals surface area contributed by atoms with Crippen LogP contribution in [-0.4, -0.2) is 21.0 Å². The number of allylic oxidation sites excluding steroid dienone is 1. The van der Waals surface area contributed by atoms with Crippen LogP contribution in [0.3, 0.4) is 0 Å². The molecule has 0 spiro atoms. The van der Waals surface area contributed by atoms with Crippen molar-refractivity contribution in [3.8, 4) is 0 Å². The van der Waals surface area contributed by atoms with Gasteiger partial charge in [-0.05, 0) is 30.4 Å². The van der Waals surface area contributed by atoms with Crippen LogP contribution in [0.15, 0.2) is 36.0 Å². The van der Waals surface area contributed by atoms with Crippen molar-refractivity contribution in [2.45, 2.75) is 26.2 Å². The van der Waals surface area contributed by atoms with Gasteiger partial charge >= 0.3 is 0 Å². The van der Waals surface area contributed by atoms with Crippen molar-refractivity contribution >= 4 is 39.9 Å². The number of carbonyl (C=O) groups excluding carboxylic acids is 1. The number of rotatable bonds is 6. The monoisotopic (exact) mass is 361 g/mol. The molecule has 1 unspecified atom stereocenters. The number of nitrogens with zero attached hydrogens (tertiary/aromatic N) is 2. The van der Waals surface area contributed by atoms with Crippen LogP contribution in [0.25, 0.3) is 0 Å². The predicted molar refractivity (Wildman–Crippen MR) is 101 cm³/mol. The van der Waals surface area contributed by atoms with Gasteiger partial charge in [0.05, 0.1) is 0 Å². The SMILES string of the molecule is C=C(CC(C)c1cc(NC(=O)c2ncc(C)s2)ccn1)SC(=N)N. The molecule has 0 radical (unpaired) electrons. The Morgan fingerprint density at radius 2 is 2.29 bits per heavy atom. The summed E-state index contributed by atoms with van der Waals surface area (Å²) < 4.78 is 0. The number of hydrogen-bond donors (Lipinski definition) is 3. The molecule has 126 valence electrons. The first-order valence-electron chi connectivity index (χ1n) is 7.24. The molecule has 4 N–H and O–H groups in total. The second-order valence-electron chi connectivity index (χ2n) is 5.31. The third-order valence-electron chi connectivity index (χ3n) is 3.15. The number of anilines is 1. The molecular weight excluding hydrogens is 342 g/mol. The fourth-order valence-electron chi connectivity index (χ4n) is 2.08. The number of hydrogen-bond acceptors (Lipinski definition) is 6. The Balaban J connectivity index is 2.04. The fraction of sp³-hybridized carbons (Fsp3) is 0.250. The van der Waals surface area contributed by atoms with Crippen LogP contribution in [0.2, 0.25) is 0 Å². The van der Waals surface area contributed by atoms with E-state index in [4.69, 9.17) is 11.1 Å². The number of aromatic nitrogens is 2. The topological polar surface area (TPSA) is 105 Å². The predicted octanol–water partition coefficient (Wildman–Crippen LogP) is 3.73. The van der Waals surface area contributed by atoms with Crippen LogP contribution in [0.4, 0.5) is 5.69 Å². The summed E-state index contributed by atoms with van der Waals surface area (Å²) in [6.45, 7) is 7.84. The third-order valence-corrected chi connectivity index (χ3v) is 4.73. The number of thiazole rings is 1. The van der Waals surface area contributed by atoms with Crippen LogP contribution < -0.4 is 11.1 Å². The highest BCUT2D eigenvalue weighted by molar-refractivity contribution is 8.16. The lowest BCUT2D eigenvalue weighted by Gasteiger charge is -2.13. The van der Waals surface area contributed by atoms with Crippen molar-refractivity contribution in [1.29, 1.82) is 5.41 Å². The van der Waals surface area contributed by atoms with Crippen LogP contribution >= 0.6 is 23.1 Å². The molecule has 0 aliphatic heterocycles. The van der Waals surface area contributed by atoms with Crippen molar-refractivity contribution < 1.29 is 4.79 Å². The van der Waals surface area contributed by atoms with Gasteiger partial charge in [-0.15, -0.1) is 11.3 Å². The molecule has 0 aliphatic carbocycles. The van der Waals surface area contributed by atoms with E-state index >= 15 is 0 Å². The lowest BCUT2D eigenvalue weighted by Crippen LogP contribution is -2.12. The molecule has 1 atom stereocenters. The van der Waals surface area contributed by atoms with E-state index in [9.17, 15) is 4.79 Å². The number of aryl methyl sites for hydroxylation is 1. The highest BCUT2D eigenvalue weighted by Gasteiger charge is 2.13. The number of pyridine rings is 1. The first kappa shape index (κ1) is 18.2. The number of thioether (sulfide) groups is 1. The van der Waals surface area contributed by atoms with Crippen molar-refractivity contribution in [1.82, 2.24) is 9.97 Å².